The molecule has 3 aromatic heterocycles. The van der Waals surface area contributed by atoms with Crippen LogP contribution in [0.2, 0.25) is 0 Å². The van der Waals surface area contributed by atoms with E-state index < -0.39 is 0 Å². The van der Waals surface area contributed by atoms with Crippen molar-refractivity contribution in [2.24, 2.45) is 0 Å². The number of hydrogen-bond acceptors (Lipinski definition) is 7. The first-order valence-corrected chi connectivity index (χ1v) is 7.34. The number of benzene rings is 1. The lowest BCUT2D eigenvalue weighted by molar-refractivity contribution is 0.371. The van der Waals surface area contributed by atoms with Gasteiger partial charge in [0.1, 0.15) is 5.69 Å². The summed E-state index contributed by atoms with van der Waals surface area (Å²) < 4.78 is 6.74. The van der Waals surface area contributed by atoms with Crippen LogP contribution in [0.25, 0.3) is 22.4 Å². The SMILES string of the molecule is O=c1c2ccccc2ncn1CCc1nc(-c2cnccn2)no1. The van der Waals surface area contributed by atoms with E-state index in [9.17, 15) is 4.79 Å². The van der Waals surface area contributed by atoms with Crippen molar-refractivity contribution in [1.82, 2.24) is 29.7 Å². The molecule has 1 aromatic carbocycles. The number of aryl methyl sites for hydroxylation is 2. The Hall–Kier alpha value is -3.42. The van der Waals surface area contributed by atoms with Gasteiger partial charge < -0.3 is 4.52 Å². The molecular weight excluding hydrogens is 308 g/mol. The van der Waals surface area contributed by atoms with Crippen molar-refractivity contribution in [3.8, 4) is 11.5 Å². The zero-order chi connectivity index (χ0) is 16.4. The Labute approximate surface area is 135 Å². The second-order valence-corrected chi connectivity index (χ2v) is 5.11. The predicted molar refractivity (Wildman–Crippen MR) is 85.0 cm³/mol. The molecule has 0 aliphatic carbocycles. The van der Waals surface area contributed by atoms with E-state index in [0.717, 1.165) is 0 Å². The zero-order valence-electron chi connectivity index (χ0n) is 12.5. The monoisotopic (exact) mass is 320 g/mol. The summed E-state index contributed by atoms with van der Waals surface area (Å²) in [5, 5.41) is 4.47. The minimum absolute atomic E-state index is 0.0886. The van der Waals surface area contributed by atoms with Crippen LogP contribution >= 0.6 is 0 Å². The second-order valence-electron chi connectivity index (χ2n) is 5.11. The molecule has 0 unspecified atom stereocenters. The van der Waals surface area contributed by atoms with Gasteiger partial charge in [0.15, 0.2) is 0 Å². The number of fused-ring (bicyclic) bond motifs is 1. The van der Waals surface area contributed by atoms with E-state index in [4.69, 9.17) is 4.52 Å². The largest absolute Gasteiger partial charge is 0.339 e. The van der Waals surface area contributed by atoms with Crippen molar-refractivity contribution in [1.29, 1.82) is 0 Å². The Morgan fingerprint density at radius 1 is 1.12 bits per heavy atom. The molecule has 0 aliphatic rings. The standard InChI is InChI=1S/C16H12N6O2/c23-16-11-3-1-2-4-12(11)19-10-22(16)8-5-14-20-15(21-24-14)13-9-17-6-7-18-13/h1-4,6-7,9-10H,5,8H2. The number of rotatable bonds is 4. The first-order valence-electron chi connectivity index (χ1n) is 7.34. The van der Waals surface area contributed by atoms with Gasteiger partial charge in [0, 0.05) is 25.4 Å². The summed E-state index contributed by atoms with van der Waals surface area (Å²) in [7, 11) is 0. The normalized spacial score (nSPS) is 11.0. The Morgan fingerprint density at radius 2 is 2.04 bits per heavy atom. The van der Waals surface area contributed by atoms with Crippen molar-refractivity contribution < 1.29 is 4.52 Å². The molecule has 8 heteroatoms. The molecule has 0 N–H and O–H groups in total. The van der Waals surface area contributed by atoms with Crippen molar-refractivity contribution >= 4 is 10.9 Å². The van der Waals surface area contributed by atoms with Gasteiger partial charge in [-0.05, 0) is 12.1 Å². The molecule has 3 heterocycles. The van der Waals surface area contributed by atoms with Gasteiger partial charge in [0.05, 0.1) is 23.4 Å². The summed E-state index contributed by atoms with van der Waals surface area (Å²) in [4.78, 5) is 29.1. The van der Waals surface area contributed by atoms with Gasteiger partial charge in [0.25, 0.3) is 5.56 Å². The molecule has 0 aliphatic heterocycles. The Morgan fingerprint density at radius 3 is 2.92 bits per heavy atom. The average molecular weight is 320 g/mol. The third-order valence-electron chi connectivity index (χ3n) is 3.56. The van der Waals surface area contributed by atoms with Crippen molar-refractivity contribution in [3.05, 3.63) is 65.4 Å². The molecule has 0 radical (unpaired) electrons. The highest BCUT2D eigenvalue weighted by atomic mass is 16.5. The molecule has 0 atom stereocenters. The molecule has 0 fully saturated rings. The number of aromatic nitrogens is 6. The summed E-state index contributed by atoms with van der Waals surface area (Å²) in [6.07, 6.45) is 6.65. The Kier molecular flexibility index (Phi) is 3.54. The lowest BCUT2D eigenvalue weighted by atomic mass is 10.2. The summed E-state index contributed by atoms with van der Waals surface area (Å²) in [6, 6.07) is 7.25. The van der Waals surface area contributed by atoms with Gasteiger partial charge in [-0.3, -0.25) is 14.3 Å². The van der Waals surface area contributed by atoms with Crippen LogP contribution in [-0.2, 0) is 13.0 Å². The number of para-hydroxylation sites is 1. The van der Waals surface area contributed by atoms with Crippen LogP contribution in [0.15, 0.2) is 58.5 Å². The minimum atomic E-state index is -0.0886. The van der Waals surface area contributed by atoms with E-state index in [1.54, 1.807) is 24.7 Å². The van der Waals surface area contributed by atoms with Gasteiger partial charge in [-0.1, -0.05) is 17.3 Å². The summed E-state index contributed by atoms with van der Waals surface area (Å²) in [5.74, 6) is 0.804. The third kappa shape index (κ3) is 2.65. The molecule has 0 saturated carbocycles. The molecule has 24 heavy (non-hydrogen) atoms. The minimum Gasteiger partial charge on any atom is -0.339 e. The van der Waals surface area contributed by atoms with Crippen LogP contribution in [0.4, 0.5) is 0 Å². The smallest absolute Gasteiger partial charge is 0.261 e. The maximum Gasteiger partial charge on any atom is 0.261 e. The van der Waals surface area contributed by atoms with Crippen LogP contribution in [0.5, 0.6) is 0 Å². The fourth-order valence-electron chi connectivity index (χ4n) is 2.36. The fraction of sp³-hybridized carbons (Fsp3) is 0.125. The van der Waals surface area contributed by atoms with E-state index in [1.165, 1.54) is 10.9 Å². The highest BCUT2D eigenvalue weighted by Gasteiger charge is 2.10. The van der Waals surface area contributed by atoms with Crippen LogP contribution < -0.4 is 5.56 Å². The zero-order valence-corrected chi connectivity index (χ0v) is 12.5. The fourth-order valence-corrected chi connectivity index (χ4v) is 2.36. The highest BCUT2D eigenvalue weighted by molar-refractivity contribution is 5.76. The topological polar surface area (TPSA) is 99.6 Å². The summed E-state index contributed by atoms with van der Waals surface area (Å²) in [5.41, 5.74) is 1.13. The second kappa shape index (κ2) is 5.99. The van der Waals surface area contributed by atoms with Crippen LogP contribution in [0.3, 0.4) is 0 Å². The van der Waals surface area contributed by atoms with Gasteiger partial charge in [-0.2, -0.15) is 4.98 Å². The van der Waals surface area contributed by atoms with E-state index in [2.05, 4.69) is 25.1 Å². The molecule has 4 aromatic rings. The average Bonchev–Trinajstić information content (AvgIpc) is 3.11. The summed E-state index contributed by atoms with van der Waals surface area (Å²) >= 11 is 0. The van der Waals surface area contributed by atoms with Crippen molar-refractivity contribution in [2.45, 2.75) is 13.0 Å². The maximum absolute atomic E-state index is 12.4. The number of nitrogens with zero attached hydrogens (tertiary/aromatic N) is 6. The van der Waals surface area contributed by atoms with Gasteiger partial charge in [0.2, 0.25) is 11.7 Å². The quantitative estimate of drug-likeness (QED) is 0.561. The molecular formula is C16H12N6O2. The molecule has 0 amide bonds. The summed E-state index contributed by atoms with van der Waals surface area (Å²) in [6.45, 7) is 0.402. The predicted octanol–water partition coefficient (Wildman–Crippen LogP) is 1.48. The van der Waals surface area contributed by atoms with E-state index in [1.807, 2.05) is 18.2 Å². The molecule has 8 nitrogen and oxygen atoms in total. The number of hydrogen-bond donors (Lipinski definition) is 0. The van der Waals surface area contributed by atoms with E-state index >= 15 is 0 Å². The van der Waals surface area contributed by atoms with Gasteiger partial charge >= 0.3 is 0 Å². The van der Waals surface area contributed by atoms with E-state index in [0.29, 0.717) is 41.3 Å². The maximum atomic E-state index is 12.4. The lowest BCUT2D eigenvalue weighted by Gasteiger charge is -2.04. The molecule has 0 spiro atoms. The van der Waals surface area contributed by atoms with E-state index in [-0.39, 0.29) is 5.56 Å². The van der Waals surface area contributed by atoms with Crippen molar-refractivity contribution in [2.75, 3.05) is 0 Å². The molecule has 118 valence electrons. The highest BCUT2D eigenvalue weighted by Crippen LogP contribution is 2.11. The van der Waals surface area contributed by atoms with Gasteiger partial charge in [-0.25, -0.2) is 9.97 Å². The first-order chi connectivity index (χ1) is 11.8. The third-order valence-corrected chi connectivity index (χ3v) is 3.56. The Bertz CT molecular complexity index is 1040. The molecule has 4 rings (SSSR count). The van der Waals surface area contributed by atoms with Crippen LogP contribution in [-0.4, -0.2) is 29.7 Å². The van der Waals surface area contributed by atoms with Crippen molar-refractivity contribution in [3.63, 3.8) is 0 Å². The first kappa shape index (κ1) is 14.2. The Balaban J connectivity index is 1.55. The van der Waals surface area contributed by atoms with Crippen LogP contribution in [0.1, 0.15) is 5.89 Å². The van der Waals surface area contributed by atoms with Crippen LogP contribution in [0, 0.1) is 0 Å². The van der Waals surface area contributed by atoms with Gasteiger partial charge in [-0.15, -0.1) is 0 Å². The lowest BCUT2D eigenvalue weighted by Crippen LogP contribution is -2.21. The molecule has 0 saturated heterocycles. The molecule has 0 bridgehead atoms.